The standard InChI is InChI=1S/C18H17ClN4O4S3/c1-27-12-5-3-2-4-11(12)8-21-15(24)10-28-18-22-9-13(17(20)23-18)30(25,26)16-7-6-14(19)29-16/h2-7,9H,8,10H2,1H3,(H,21,24)(H2,20,22,23). The van der Waals surface area contributed by atoms with Gasteiger partial charge in [-0.25, -0.2) is 18.4 Å². The second kappa shape index (κ2) is 9.65. The third kappa shape index (κ3) is 5.22. The molecular weight excluding hydrogens is 468 g/mol. The van der Waals surface area contributed by atoms with Gasteiger partial charge in [0.2, 0.25) is 15.7 Å². The van der Waals surface area contributed by atoms with E-state index in [0.29, 0.717) is 16.6 Å². The number of anilines is 1. The molecule has 8 nitrogen and oxygen atoms in total. The van der Waals surface area contributed by atoms with Crippen LogP contribution in [0.3, 0.4) is 0 Å². The fourth-order valence-corrected chi connectivity index (χ4v) is 5.94. The number of hydrogen-bond acceptors (Lipinski definition) is 9. The lowest BCUT2D eigenvalue weighted by atomic mass is 10.2. The van der Waals surface area contributed by atoms with Gasteiger partial charge in [0.05, 0.1) is 23.4 Å². The highest BCUT2D eigenvalue weighted by Crippen LogP contribution is 2.32. The molecule has 0 unspecified atom stereocenters. The van der Waals surface area contributed by atoms with E-state index in [1.807, 2.05) is 24.3 Å². The Morgan fingerprint density at radius 1 is 1.30 bits per heavy atom. The van der Waals surface area contributed by atoms with E-state index < -0.39 is 9.84 Å². The summed E-state index contributed by atoms with van der Waals surface area (Å²) in [4.78, 5) is 19.9. The first-order valence-corrected chi connectivity index (χ1v) is 12.1. The molecule has 1 amide bonds. The number of halogens is 1. The summed E-state index contributed by atoms with van der Waals surface area (Å²) >= 11 is 7.79. The van der Waals surface area contributed by atoms with Crippen LogP contribution < -0.4 is 15.8 Å². The number of nitrogen functional groups attached to an aromatic ring is 1. The molecule has 12 heteroatoms. The maximum absolute atomic E-state index is 12.6. The number of aromatic nitrogens is 2. The van der Waals surface area contributed by atoms with Crippen molar-refractivity contribution in [3.05, 3.63) is 52.5 Å². The fraction of sp³-hybridized carbons (Fsp3) is 0.167. The number of benzene rings is 1. The second-order valence-corrected chi connectivity index (χ2v) is 10.6. The smallest absolute Gasteiger partial charge is 0.230 e. The molecule has 3 aromatic rings. The molecule has 0 saturated carbocycles. The van der Waals surface area contributed by atoms with Crippen LogP contribution in [0, 0.1) is 0 Å². The van der Waals surface area contributed by atoms with Gasteiger partial charge in [0.25, 0.3) is 0 Å². The van der Waals surface area contributed by atoms with Crippen molar-refractivity contribution in [1.29, 1.82) is 0 Å². The summed E-state index contributed by atoms with van der Waals surface area (Å²) in [5.74, 6) is 0.302. The Morgan fingerprint density at radius 3 is 2.73 bits per heavy atom. The normalized spacial score (nSPS) is 11.3. The zero-order valence-corrected chi connectivity index (χ0v) is 18.9. The summed E-state index contributed by atoms with van der Waals surface area (Å²) in [6.07, 6.45) is 1.14. The van der Waals surface area contributed by atoms with Gasteiger partial charge < -0.3 is 15.8 Å². The Morgan fingerprint density at radius 2 is 2.07 bits per heavy atom. The number of ether oxygens (including phenoxy) is 1. The zero-order valence-electron chi connectivity index (χ0n) is 15.7. The number of hydrogen-bond donors (Lipinski definition) is 2. The van der Waals surface area contributed by atoms with Crippen molar-refractivity contribution in [2.24, 2.45) is 0 Å². The molecular formula is C18H17ClN4O4S3. The zero-order chi connectivity index (χ0) is 21.7. The summed E-state index contributed by atoms with van der Waals surface area (Å²) in [6.45, 7) is 0.312. The molecule has 158 valence electrons. The molecule has 1 aromatic carbocycles. The van der Waals surface area contributed by atoms with Gasteiger partial charge >= 0.3 is 0 Å². The molecule has 0 aliphatic heterocycles. The van der Waals surface area contributed by atoms with Crippen molar-refractivity contribution in [2.45, 2.75) is 20.8 Å². The van der Waals surface area contributed by atoms with Crippen LogP contribution >= 0.6 is 34.7 Å². The number of thioether (sulfide) groups is 1. The Hall–Kier alpha value is -2.34. The van der Waals surface area contributed by atoms with E-state index in [-0.39, 0.29) is 31.7 Å². The number of carbonyl (C=O) groups excluding carboxylic acids is 1. The quantitative estimate of drug-likeness (QED) is 0.369. The average Bonchev–Trinajstić information content (AvgIpc) is 3.18. The number of sulfone groups is 1. The van der Waals surface area contributed by atoms with Crippen LogP contribution in [0.2, 0.25) is 4.34 Å². The predicted octanol–water partition coefficient (Wildman–Crippen LogP) is 3.02. The van der Waals surface area contributed by atoms with Crippen LogP contribution in [0.4, 0.5) is 5.82 Å². The lowest BCUT2D eigenvalue weighted by Gasteiger charge is -2.09. The van der Waals surface area contributed by atoms with Gasteiger partial charge in [-0.05, 0) is 18.2 Å². The molecule has 0 aliphatic rings. The van der Waals surface area contributed by atoms with Crippen molar-refractivity contribution in [2.75, 3.05) is 18.6 Å². The van der Waals surface area contributed by atoms with Crippen LogP contribution in [0.25, 0.3) is 0 Å². The van der Waals surface area contributed by atoms with Gasteiger partial charge in [-0.15, -0.1) is 11.3 Å². The van der Waals surface area contributed by atoms with E-state index in [1.54, 1.807) is 7.11 Å². The number of nitrogens with one attached hydrogen (secondary N) is 1. The highest BCUT2D eigenvalue weighted by atomic mass is 35.5. The molecule has 3 N–H and O–H groups in total. The number of para-hydroxylation sites is 1. The minimum absolute atomic E-state index is 0.0429. The minimum Gasteiger partial charge on any atom is -0.496 e. The van der Waals surface area contributed by atoms with Crippen molar-refractivity contribution < 1.29 is 17.9 Å². The maximum Gasteiger partial charge on any atom is 0.230 e. The summed E-state index contributed by atoms with van der Waals surface area (Å²) in [7, 11) is -2.29. The van der Waals surface area contributed by atoms with E-state index in [1.165, 1.54) is 12.1 Å². The van der Waals surface area contributed by atoms with Crippen LogP contribution in [0.1, 0.15) is 5.56 Å². The molecule has 2 aromatic heterocycles. The molecule has 0 spiro atoms. The number of nitrogens with two attached hydrogens (primary N) is 1. The number of thiophene rings is 1. The van der Waals surface area contributed by atoms with Crippen LogP contribution in [-0.4, -0.2) is 37.2 Å². The third-order valence-electron chi connectivity index (χ3n) is 3.86. The molecule has 0 bridgehead atoms. The van der Waals surface area contributed by atoms with E-state index in [4.69, 9.17) is 22.1 Å². The van der Waals surface area contributed by atoms with E-state index in [2.05, 4.69) is 15.3 Å². The topological polar surface area (TPSA) is 124 Å². The van der Waals surface area contributed by atoms with Crippen molar-refractivity contribution in [1.82, 2.24) is 15.3 Å². The predicted molar refractivity (Wildman–Crippen MR) is 117 cm³/mol. The fourth-order valence-electron chi connectivity index (χ4n) is 2.42. The average molecular weight is 485 g/mol. The van der Waals surface area contributed by atoms with E-state index in [0.717, 1.165) is 34.9 Å². The summed E-state index contributed by atoms with van der Waals surface area (Å²) in [6, 6.07) is 10.3. The first kappa shape index (κ1) is 22.3. The Bertz CT molecular complexity index is 1170. The number of rotatable bonds is 8. The molecule has 0 radical (unpaired) electrons. The third-order valence-corrected chi connectivity index (χ3v) is 8.22. The monoisotopic (exact) mass is 484 g/mol. The first-order valence-electron chi connectivity index (χ1n) is 8.45. The van der Waals surface area contributed by atoms with Crippen LogP contribution in [-0.2, 0) is 21.2 Å². The molecule has 0 aliphatic carbocycles. The number of nitrogens with zero attached hydrogens (tertiary/aromatic N) is 2. The lowest BCUT2D eigenvalue weighted by Crippen LogP contribution is -2.25. The number of carbonyl (C=O) groups is 1. The summed E-state index contributed by atoms with van der Waals surface area (Å²) in [5.41, 5.74) is 6.69. The van der Waals surface area contributed by atoms with Crippen LogP contribution in [0.15, 0.2) is 56.9 Å². The largest absolute Gasteiger partial charge is 0.496 e. The molecule has 30 heavy (non-hydrogen) atoms. The van der Waals surface area contributed by atoms with Gasteiger partial charge in [0, 0.05) is 12.1 Å². The highest BCUT2D eigenvalue weighted by molar-refractivity contribution is 7.99. The van der Waals surface area contributed by atoms with Gasteiger partial charge in [-0.1, -0.05) is 41.6 Å². The van der Waals surface area contributed by atoms with Crippen molar-refractivity contribution in [3.63, 3.8) is 0 Å². The SMILES string of the molecule is COc1ccccc1CNC(=O)CSc1ncc(S(=O)(=O)c2ccc(Cl)s2)c(N)n1. The Labute approximate surface area is 186 Å². The van der Waals surface area contributed by atoms with Gasteiger partial charge in [-0.3, -0.25) is 4.79 Å². The van der Waals surface area contributed by atoms with Crippen molar-refractivity contribution in [3.8, 4) is 5.75 Å². The van der Waals surface area contributed by atoms with E-state index in [9.17, 15) is 13.2 Å². The van der Waals surface area contributed by atoms with Crippen LogP contribution in [0.5, 0.6) is 5.75 Å². The van der Waals surface area contributed by atoms with Gasteiger partial charge in [0.1, 0.15) is 20.7 Å². The molecule has 2 heterocycles. The van der Waals surface area contributed by atoms with Gasteiger partial charge in [0.15, 0.2) is 5.16 Å². The van der Waals surface area contributed by atoms with Gasteiger partial charge in [-0.2, -0.15) is 0 Å². The minimum atomic E-state index is -3.86. The second-order valence-electron chi connectivity index (χ2n) is 5.84. The van der Waals surface area contributed by atoms with Crippen molar-refractivity contribution >= 4 is 56.3 Å². The first-order chi connectivity index (χ1) is 14.3. The number of amides is 1. The summed E-state index contributed by atoms with van der Waals surface area (Å²) in [5, 5.41) is 2.98. The molecule has 0 saturated heterocycles. The number of methoxy groups -OCH3 is 1. The Kier molecular flexibility index (Phi) is 7.19. The molecule has 0 atom stereocenters. The van der Waals surface area contributed by atoms with E-state index >= 15 is 0 Å². The maximum atomic E-state index is 12.6. The highest BCUT2D eigenvalue weighted by Gasteiger charge is 2.24. The Balaban J connectivity index is 1.61. The molecule has 3 rings (SSSR count). The molecule has 0 fully saturated rings. The summed E-state index contributed by atoms with van der Waals surface area (Å²) < 4.78 is 30.9. The lowest BCUT2D eigenvalue weighted by molar-refractivity contribution is -0.118.